The number of carbonyl (C=O) groups excluding carboxylic acids is 2. The van der Waals surface area contributed by atoms with E-state index in [2.05, 4.69) is 5.32 Å². The maximum atomic E-state index is 14.3. The molecule has 0 heterocycles. The van der Waals surface area contributed by atoms with Crippen LogP contribution in [-0.2, 0) is 32.6 Å². The van der Waals surface area contributed by atoms with Crippen molar-refractivity contribution in [1.29, 1.82) is 0 Å². The van der Waals surface area contributed by atoms with Gasteiger partial charge in [0.05, 0.1) is 17.7 Å². The van der Waals surface area contributed by atoms with E-state index in [1.54, 1.807) is 73.7 Å². The second-order valence-corrected chi connectivity index (χ2v) is 12.1. The van der Waals surface area contributed by atoms with Crippen LogP contribution < -0.4 is 14.4 Å². The van der Waals surface area contributed by atoms with Crippen LogP contribution in [-0.4, -0.2) is 51.4 Å². The number of likely N-dealkylation sites (N-methyl/N-ethyl adjacent to an activating group) is 1. The number of amides is 2. The number of anilines is 1. The third kappa shape index (κ3) is 8.15. The molecule has 0 spiro atoms. The predicted molar refractivity (Wildman–Crippen MR) is 169 cm³/mol. The molecule has 0 fully saturated rings. The number of carbonyl (C=O) groups is 2. The molecule has 0 aliphatic heterocycles. The Hall–Kier alpha value is -4.34. The first-order valence-corrected chi connectivity index (χ1v) is 15.6. The van der Waals surface area contributed by atoms with Crippen LogP contribution in [0.3, 0.4) is 0 Å². The number of benzene rings is 4. The summed E-state index contributed by atoms with van der Waals surface area (Å²) >= 11 is 6.11. The van der Waals surface area contributed by atoms with Crippen LogP contribution in [0.4, 0.5) is 5.69 Å². The SMILES string of the molecule is CCNC(=O)[C@H](Cc1ccccc1)N(Cc1ccc(Cl)cc1)C(=O)CN(c1ccc(OC)cc1)S(=O)(=O)c1ccccc1. The number of ether oxygens (including phenoxy) is 1. The minimum atomic E-state index is -4.17. The summed E-state index contributed by atoms with van der Waals surface area (Å²) in [5.41, 5.74) is 1.88. The summed E-state index contributed by atoms with van der Waals surface area (Å²) in [7, 11) is -2.66. The van der Waals surface area contributed by atoms with Gasteiger partial charge in [-0.15, -0.1) is 0 Å². The Balaban J connectivity index is 1.78. The van der Waals surface area contributed by atoms with Gasteiger partial charge in [-0.1, -0.05) is 72.3 Å². The van der Waals surface area contributed by atoms with Gasteiger partial charge >= 0.3 is 0 Å². The lowest BCUT2D eigenvalue weighted by atomic mass is 10.0. The fourth-order valence-electron chi connectivity index (χ4n) is 4.63. The van der Waals surface area contributed by atoms with Crippen LogP contribution in [0.15, 0.2) is 114 Å². The van der Waals surface area contributed by atoms with Crippen LogP contribution in [0.5, 0.6) is 5.75 Å². The van der Waals surface area contributed by atoms with E-state index in [9.17, 15) is 18.0 Å². The van der Waals surface area contributed by atoms with Crippen molar-refractivity contribution in [3.63, 3.8) is 0 Å². The van der Waals surface area contributed by atoms with Crippen LogP contribution >= 0.6 is 11.6 Å². The van der Waals surface area contributed by atoms with Crippen molar-refractivity contribution in [1.82, 2.24) is 10.2 Å². The highest BCUT2D eigenvalue weighted by Gasteiger charge is 2.34. The summed E-state index contributed by atoms with van der Waals surface area (Å²) in [4.78, 5) is 29.3. The number of hydrogen-bond donors (Lipinski definition) is 1. The highest BCUT2D eigenvalue weighted by atomic mass is 35.5. The van der Waals surface area contributed by atoms with Gasteiger partial charge in [-0.05, 0) is 66.6 Å². The third-order valence-corrected chi connectivity index (χ3v) is 8.90. The van der Waals surface area contributed by atoms with E-state index in [4.69, 9.17) is 16.3 Å². The molecule has 0 bridgehead atoms. The van der Waals surface area contributed by atoms with Crippen molar-refractivity contribution < 1.29 is 22.7 Å². The number of nitrogens with one attached hydrogen (secondary N) is 1. The number of sulfonamides is 1. The van der Waals surface area contributed by atoms with Crippen molar-refractivity contribution >= 4 is 39.1 Å². The van der Waals surface area contributed by atoms with Crippen LogP contribution in [0.25, 0.3) is 0 Å². The summed E-state index contributed by atoms with van der Waals surface area (Å²) in [5, 5.41) is 3.38. The predicted octanol–water partition coefficient (Wildman–Crippen LogP) is 5.32. The van der Waals surface area contributed by atoms with E-state index in [1.807, 2.05) is 30.3 Å². The van der Waals surface area contributed by atoms with Gasteiger partial charge in [0, 0.05) is 24.5 Å². The maximum absolute atomic E-state index is 14.3. The fraction of sp³-hybridized carbons (Fsp3) is 0.212. The summed E-state index contributed by atoms with van der Waals surface area (Å²) in [6.45, 7) is 1.70. The molecule has 0 saturated heterocycles. The van der Waals surface area contributed by atoms with Gasteiger partial charge in [-0.3, -0.25) is 13.9 Å². The second-order valence-electron chi connectivity index (χ2n) is 9.77. The Morgan fingerprint density at radius 2 is 1.44 bits per heavy atom. The Kier molecular flexibility index (Phi) is 10.8. The zero-order valence-corrected chi connectivity index (χ0v) is 25.6. The molecule has 224 valence electrons. The third-order valence-electron chi connectivity index (χ3n) is 6.86. The molecule has 0 aromatic heterocycles. The molecule has 4 rings (SSSR count). The summed E-state index contributed by atoms with van der Waals surface area (Å²) in [6, 6.07) is 29.8. The minimum absolute atomic E-state index is 0.0347. The monoisotopic (exact) mass is 619 g/mol. The van der Waals surface area contributed by atoms with E-state index >= 15 is 0 Å². The van der Waals surface area contributed by atoms with Gasteiger partial charge in [-0.25, -0.2) is 8.42 Å². The van der Waals surface area contributed by atoms with E-state index in [-0.39, 0.29) is 29.5 Å². The molecule has 0 radical (unpaired) electrons. The average molecular weight is 620 g/mol. The smallest absolute Gasteiger partial charge is 0.264 e. The summed E-state index contributed by atoms with van der Waals surface area (Å²) < 4.78 is 34.3. The first kappa shape index (κ1) is 31.6. The number of halogens is 1. The molecule has 8 nitrogen and oxygen atoms in total. The molecule has 43 heavy (non-hydrogen) atoms. The minimum Gasteiger partial charge on any atom is -0.497 e. The second kappa shape index (κ2) is 14.7. The van der Waals surface area contributed by atoms with E-state index in [0.717, 1.165) is 15.4 Å². The topological polar surface area (TPSA) is 96.0 Å². The van der Waals surface area contributed by atoms with Gasteiger partial charge in [-0.2, -0.15) is 0 Å². The molecule has 4 aromatic carbocycles. The molecular weight excluding hydrogens is 586 g/mol. The molecule has 2 amide bonds. The quantitative estimate of drug-likeness (QED) is 0.219. The molecule has 4 aromatic rings. The van der Waals surface area contributed by atoms with Gasteiger partial charge < -0.3 is 15.0 Å². The van der Waals surface area contributed by atoms with Crippen molar-refractivity contribution in [2.75, 3.05) is 24.5 Å². The number of hydrogen-bond acceptors (Lipinski definition) is 5. The Morgan fingerprint density at radius 3 is 2.02 bits per heavy atom. The number of nitrogens with zero attached hydrogens (tertiary/aromatic N) is 2. The molecule has 1 atom stereocenters. The van der Waals surface area contributed by atoms with Crippen molar-refractivity contribution in [2.24, 2.45) is 0 Å². The Morgan fingerprint density at radius 1 is 0.837 bits per heavy atom. The van der Waals surface area contributed by atoms with Gasteiger partial charge in [0.25, 0.3) is 10.0 Å². The normalized spacial score (nSPS) is 11.8. The van der Waals surface area contributed by atoms with Crippen molar-refractivity contribution in [3.8, 4) is 5.75 Å². The molecular formula is C33H34ClN3O5S. The van der Waals surface area contributed by atoms with Gasteiger partial charge in [0.1, 0.15) is 18.3 Å². The first-order chi connectivity index (χ1) is 20.7. The molecule has 0 aliphatic rings. The van der Waals surface area contributed by atoms with Crippen LogP contribution in [0.1, 0.15) is 18.1 Å². The molecule has 0 saturated carbocycles. The van der Waals surface area contributed by atoms with Crippen molar-refractivity contribution in [3.05, 3.63) is 125 Å². The Bertz CT molecular complexity index is 1600. The molecule has 0 aliphatic carbocycles. The van der Waals surface area contributed by atoms with E-state index < -0.39 is 28.5 Å². The lowest BCUT2D eigenvalue weighted by Gasteiger charge is -2.33. The lowest BCUT2D eigenvalue weighted by Crippen LogP contribution is -2.53. The zero-order chi connectivity index (χ0) is 30.8. The fourth-order valence-corrected chi connectivity index (χ4v) is 6.19. The van der Waals surface area contributed by atoms with Crippen LogP contribution in [0.2, 0.25) is 5.02 Å². The highest BCUT2D eigenvalue weighted by molar-refractivity contribution is 7.92. The standard InChI is InChI=1S/C33H34ClN3O5S/c1-3-35-33(39)31(22-25-10-6-4-7-11-25)36(23-26-14-16-27(34)17-15-26)32(38)24-37(28-18-20-29(42-2)21-19-28)43(40,41)30-12-8-5-9-13-30/h4-21,31H,3,22-24H2,1-2H3,(H,35,39)/t31-/m0/s1. The highest BCUT2D eigenvalue weighted by Crippen LogP contribution is 2.27. The van der Waals surface area contributed by atoms with Crippen LogP contribution in [0, 0.1) is 0 Å². The number of rotatable bonds is 13. The summed E-state index contributed by atoms with van der Waals surface area (Å²) in [6.07, 6.45) is 0.236. The first-order valence-electron chi connectivity index (χ1n) is 13.8. The van der Waals surface area contributed by atoms with Gasteiger partial charge in [0.2, 0.25) is 11.8 Å². The molecule has 0 unspecified atom stereocenters. The van der Waals surface area contributed by atoms with E-state index in [1.165, 1.54) is 24.1 Å². The maximum Gasteiger partial charge on any atom is 0.264 e. The zero-order valence-electron chi connectivity index (χ0n) is 24.0. The Labute approximate surface area is 257 Å². The molecule has 1 N–H and O–H groups in total. The molecule has 10 heteroatoms. The van der Waals surface area contributed by atoms with Crippen molar-refractivity contribution in [2.45, 2.75) is 30.8 Å². The van der Waals surface area contributed by atoms with Gasteiger partial charge in [0.15, 0.2) is 0 Å². The average Bonchev–Trinajstić information content (AvgIpc) is 3.03. The number of methoxy groups -OCH3 is 1. The van der Waals surface area contributed by atoms with E-state index in [0.29, 0.717) is 17.3 Å². The summed E-state index contributed by atoms with van der Waals surface area (Å²) in [5.74, 6) is -0.344. The largest absolute Gasteiger partial charge is 0.497 e. The lowest BCUT2D eigenvalue weighted by molar-refractivity contribution is -0.140.